The van der Waals surface area contributed by atoms with E-state index in [1.54, 1.807) is 11.1 Å². The summed E-state index contributed by atoms with van der Waals surface area (Å²) in [6.45, 7) is 54.3. The molecule has 472 valence electrons. The van der Waals surface area contributed by atoms with Gasteiger partial charge in [-0.05, 0) is 178 Å². The average Bonchev–Trinajstić information content (AvgIpc) is 1.48. The summed E-state index contributed by atoms with van der Waals surface area (Å²) in [5, 5.41) is 2.63. The normalized spacial score (nSPS) is 19.8. The SMILES string of the molecule is C=CC(C)N(c1cccc2c3cccc(C(C4=CC=C4C)c4ccc(C(C)(C)C)cc4)c3n(C3C=C(CC(c4ccc(C(C)(C)C)cc4)c4ccc(C(C)(C)C)cc4C)C4=C(C3)N(C3=CC=C(C(C)(C)C)CC3)C3=CC=C(C(C)(C)C)CC3C4)c12)C(C)C(C)C. The van der Waals surface area contributed by atoms with Crippen molar-refractivity contribution in [1.29, 1.82) is 0 Å². The van der Waals surface area contributed by atoms with Gasteiger partial charge < -0.3 is 14.4 Å². The number of hydrogen-bond acceptors (Lipinski definition) is 2. The first-order chi connectivity index (χ1) is 42.2. The Morgan fingerprint density at radius 3 is 1.69 bits per heavy atom. The van der Waals surface area contributed by atoms with Crippen molar-refractivity contribution in [3.8, 4) is 0 Å². The Labute approximate surface area is 544 Å². The molecule has 0 saturated carbocycles. The van der Waals surface area contributed by atoms with E-state index in [1.165, 1.54) is 111 Å². The minimum atomic E-state index is -0.0470. The van der Waals surface area contributed by atoms with Gasteiger partial charge in [-0.1, -0.05) is 262 Å². The molecule has 0 amide bonds. The third-order valence-electron chi connectivity index (χ3n) is 21.7. The number of rotatable bonds is 14. The van der Waals surface area contributed by atoms with Crippen molar-refractivity contribution < 1.29 is 0 Å². The molecule has 4 aliphatic carbocycles. The average molecular weight is 1200 g/mol. The summed E-state index contributed by atoms with van der Waals surface area (Å²) in [6, 6.07) is 41.7. The van der Waals surface area contributed by atoms with Gasteiger partial charge in [-0.25, -0.2) is 0 Å². The molecule has 0 N–H and O–H groups in total. The van der Waals surface area contributed by atoms with Gasteiger partial charge in [0, 0.05) is 64.1 Å². The second-order valence-electron chi connectivity index (χ2n) is 33.3. The van der Waals surface area contributed by atoms with Crippen LogP contribution >= 0.6 is 0 Å². The number of anilines is 1. The smallest absolute Gasteiger partial charge is 0.0735 e. The Bertz CT molecular complexity index is 4010. The monoisotopic (exact) mass is 1200 g/mol. The number of allylic oxidation sites excluding steroid dienone is 16. The first-order valence-corrected chi connectivity index (χ1v) is 34.5. The molecule has 0 fully saturated rings. The van der Waals surface area contributed by atoms with Gasteiger partial charge in [-0.15, -0.1) is 6.58 Å². The van der Waals surface area contributed by atoms with Gasteiger partial charge in [0.15, 0.2) is 0 Å². The van der Waals surface area contributed by atoms with Crippen molar-refractivity contribution in [2.45, 2.75) is 230 Å². The van der Waals surface area contributed by atoms with Gasteiger partial charge in [0.1, 0.15) is 0 Å². The van der Waals surface area contributed by atoms with Crippen LogP contribution in [0.15, 0.2) is 209 Å². The molecule has 3 heteroatoms. The predicted octanol–water partition coefficient (Wildman–Crippen LogP) is 24.0. The van der Waals surface area contributed by atoms with Crippen LogP contribution in [0, 0.1) is 29.6 Å². The maximum atomic E-state index is 4.51. The number of para-hydroxylation sites is 2. The molecule has 90 heavy (non-hydrogen) atoms. The minimum absolute atomic E-state index is 0.0256. The maximum absolute atomic E-state index is 4.51. The van der Waals surface area contributed by atoms with Crippen molar-refractivity contribution in [2.24, 2.45) is 22.7 Å². The zero-order valence-electron chi connectivity index (χ0n) is 59.3. The largest absolute Gasteiger partial charge is 0.361 e. The molecule has 0 saturated heterocycles. The molecular weight excluding hydrogens is 1090 g/mol. The molecular formula is C87H109N3. The predicted molar refractivity (Wildman–Crippen MR) is 390 cm³/mol. The van der Waals surface area contributed by atoms with E-state index in [2.05, 4.69) is 318 Å². The van der Waals surface area contributed by atoms with Crippen molar-refractivity contribution >= 4 is 27.5 Å². The van der Waals surface area contributed by atoms with Gasteiger partial charge in [0.25, 0.3) is 0 Å². The van der Waals surface area contributed by atoms with E-state index in [9.17, 15) is 0 Å². The molecule has 6 atom stereocenters. The van der Waals surface area contributed by atoms with Crippen molar-refractivity contribution in [3.05, 3.63) is 253 Å². The minimum Gasteiger partial charge on any atom is -0.361 e. The number of aryl methyl sites for hydroxylation is 1. The highest BCUT2D eigenvalue weighted by molar-refractivity contribution is 6.13. The van der Waals surface area contributed by atoms with Crippen LogP contribution in [0.25, 0.3) is 21.8 Å². The first kappa shape index (κ1) is 64.7. The second-order valence-corrected chi connectivity index (χ2v) is 33.3. The first-order valence-electron chi connectivity index (χ1n) is 34.5. The lowest BCUT2D eigenvalue weighted by atomic mass is 9.70. The third kappa shape index (κ3) is 12.3. The lowest BCUT2D eigenvalue weighted by Gasteiger charge is -2.48. The molecule has 6 unspecified atom stereocenters. The van der Waals surface area contributed by atoms with E-state index >= 15 is 0 Å². The summed E-state index contributed by atoms with van der Waals surface area (Å²) in [7, 11) is 0. The van der Waals surface area contributed by atoms with Crippen LogP contribution in [0.1, 0.15) is 239 Å². The fourth-order valence-electron chi connectivity index (χ4n) is 15.6. The lowest BCUT2D eigenvalue weighted by molar-refractivity contribution is 0.328. The Morgan fingerprint density at radius 1 is 0.567 bits per heavy atom. The lowest BCUT2D eigenvalue weighted by Crippen LogP contribution is -2.42. The van der Waals surface area contributed by atoms with E-state index in [-0.39, 0.29) is 57.0 Å². The van der Waals surface area contributed by atoms with Gasteiger partial charge in [0.2, 0.25) is 0 Å². The van der Waals surface area contributed by atoms with Gasteiger partial charge >= 0.3 is 0 Å². The van der Waals surface area contributed by atoms with E-state index in [0.29, 0.717) is 11.8 Å². The maximum Gasteiger partial charge on any atom is 0.0735 e. The van der Waals surface area contributed by atoms with Crippen molar-refractivity contribution in [2.75, 3.05) is 4.90 Å². The summed E-state index contributed by atoms with van der Waals surface area (Å²) < 4.78 is 2.91. The van der Waals surface area contributed by atoms with Gasteiger partial charge in [-0.3, -0.25) is 0 Å². The van der Waals surface area contributed by atoms with Crippen LogP contribution < -0.4 is 4.90 Å². The van der Waals surface area contributed by atoms with Crippen LogP contribution in [0.3, 0.4) is 0 Å². The summed E-state index contributed by atoms with van der Waals surface area (Å²) in [4.78, 5) is 5.56. The molecule has 6 aromatic rings. The zero-order chi connectivity index (χ0) is 64.9. The van der Waals surface area contributed by atoms with Crippen LogP contribution in [0.5, 0.6) is 0 Å². The van der Waals surface area contributed by atoms with Crippen LogP contribution in [0.4, 0.5) is 5.69 Å². The number of fused-ring (bicyclic) bond motifs is 4. The standard InChI is InChI=1S/C87H109N3/c1-23-57(6)88(58(7)54(2)3)78-29-25-27-73-72-26-24-28-74(80(71-45-30-55(71)4)60-33-37-64(38-34-60)84(11,12)13)81(72)90(82(73)78)69-50-61(51-75(59-31-35-63(36-32-59)83(8,9)10)70-46-41-66(48-56(70)5)86(17,18)19)76-52-62-49-67(87(20,21)22)42-47-77(62)89(79(76)53-69)68-43-39-65(40-44-68)85(14,15)16/h23-39,41-43,45-48,50,54,57-58,62,69,75,80H,1,40,44,49,51-53H2,2-22H3. The van der Waals surface area contributed by atoms with Crippen LogP contribution in [-0.4, -0.2) is 21.6 Å². The highest BCUT2D eigenvalue weighted by Gasteiger charge is 2.43. The van der Waals surface area contributed by atoms with Crippen molar-refractivity contribution in [1.82, 2.24) is 9.47 Å². The number of benzene rings is 5. The Kier molecular flexibility index (Phi) is 17.2. The summed E-state index contributed by atoms with van der Waals surface area (Å²) in [5.74, 6) is 0.890. The molecule has 0 radical (unpaired) electrons. The second kappa shape index (κ2) is 24.0. The fourth-order valence-corrected chi connectivity index (χ4v) is 15.6. The van der Waals surface area contributed by atoms with Crippen molar-refractivity contribution in [3.63, 3.8) is 0 Å². The summed E-state index contributed by atoms with van der Waals surface area (Å²) in [6.07, 6.45) is 25.7. The Morgan fingerprint density at radius 2 is 1.16 bits per heavy atom. The molecule has 1 aromatic heterocycles. The highest BCUT2D eigenvalue weighted by atomic mass is 15.2. The molecule has 0 bridgehead atoms. The molecule has 2 heterocycles. The molecule has 5 aromatic carbocycles. The third-order valence-corrected chi connectivity index (χ3v) is 21.7. The van der Waals surface area contributed by atoms with E-state index in [0.717, 1.165) is 38.5 Å². The fraction of sp³-hybridized carbons (Fsp3) is 0.448. The Balaban J connectivity index is 1.25. The van der Waals surface area contributed by atoms with Crippen LogP contribution in [0.2, 0.25) is 0 Å². The van der Waals surface area contributed by atoms with Gasteiger partial charge in [-0.2, -0.15) is 0 Å². The number of nitrogens with zero attached hydrogens (tertiary/aromatic N) is 3. The molecule has 1 aliphatic heterocycles. The molecule has 5 aliphatic rings. The van der Waals surface area contributed by atoms with E-state index < -0.39 is 0 Å². The number of aromatic nitrogens is 1. The Hall–Kier alpha value is -6.84. The molecule has 0 spiro atoms. The van der Waals surface area contributed by atoms with Crippen LogP contribution in [-0.2, 0) is 16.2 Å². The number of hydrogen-bond donors (Lipinski definition) is 0. The quantitative estimate of drug-likeness (QED) is 0.101. The van der Waals surface area contributed by atoms with Gasteiger partial charge in [0.05, 0.1) is 22.8 Å². The highest BCUT2D eigenvalue weighted by Crippen LogP contribution is 2.56. The zero-order valence-corrected chi connectivity index (χ0v) is 59.3. The van der Waals surface area contributed by atoms with E-state index in [1.807, 2.05) is 0 Å². The topological polar surface area (TPSA) is 11.4 Å². The summed E-state index contributed by atoms with van der Waals surface area (Å²) in [5.41, 5.74) is 28.5. The molecule has 3 nitrogen and oxygen atoms in total. The van der Waals surface area contributed by atoms with E-state index in [4.69, 9.17) is 0 Å². The molecule has 11 rings (SSSR count). The summed E-state index contributed by atoms with van der Waals surface area (Å²) >= 11 is 0.